The van der Waals surface area contributed by atoms with E-state index in [1.54, 1.807) is 0 Å². The summed E-state index contributed by atoms with van der Waals surface area (Å²) in [7, 11) is 0. The maximum atomic E-state index is 5.90. The van der Waals surface area contributed by atoms with Crippen LogP contribution in [0.15, 0.2) is 53.0 Å². The number of hydrogen-bond donors (Lipinski definition) is 1. The molecule has 23 heavy (non-hydrogen) atoms. The molecule has 0 heterocycles. The van der Waals surface area contributed by atoms with Crippen LogP contribution in [0.25, 0.3) is 0 Å². The summed E-state index contributed by atoms with van der Waals surface area (Å²) in [5, 5.41) is 3.61. The molecule has 3 heteroatoms. The molecule has 0 fully saturated rings. The van der Waals surface area contributed by atoms with Crippen molar-refractivity contribution in [2.45, 2.75) is 52.3 Å². The Morgan fingerprint density at radius 3 is 2.48 bits per heavy atom. The van der Waals surface area contributed by atoms with Gasteiger partial charge in [0.15, 0.2) is 0 Å². The Balaban J connectivity index is 1.88. The van der Waals surface area contributed by atoms with Crippen LogP contribution in [0.2, 0.25) is 0 Å². The SMILES string of the molecule is CC(C)Oc1ccc(Br)cc1CN[C@H](C)CCc1ccccc1. The van der Waals surface area contributed by atoms with E-state index in [-0.39, 0.29) is 6.10 Å². The highest BCUT2D eigenvalue weighted by Crippen LogP contribution is 2.24. The minimum absolute atomic E-state index is 0.186. The van der Waals surface area contributed by atoms with E-state index in [4.69, 9.17) is 4.74 Å². The first-order valence-electron chi connectivity index (χ1n) is 8.27. The summed E-state index contributed by atoms with van der Waals surface area (Å²) in [5.41, 5.74) is 2.59. The lowest BCUT2D eigenvalue weighted by Crippen LogP contribution is -2.26. The second-order valence-electron chi connectivity index (χ2n) is 6.22. The summed E-state index contributed by atoms with van der Waals surface area (Å²) in [6, 6.07) is 17.3. The van der Waals surface area contributed by atoms with Crippen LogP contribution >= 0.6 is 15.9 Å². The normalized spacial score (nSPS) is 12.4. The van der Waals surface area contributed by atoms with Gasteiger partial charge in [-0.15, -0.1) is 0 Å². The Morgan fingerprint density at radius 2 is 1.78 bits per heavy atom. The number of ether oxygens (including phenoxy) is 1. The van der Waals surface area contributed by atoms with Crippen molar-refractivity contribution in [2.75, 3.05) is 0 Å². The Hall–Kier alpha value is -1.32. The van der Waals surface area contributed by atoms with Gasteiger partial charge in [0, 0.05) is 22.6 Å². The van der Waals surface area contributed by atoms with Gasteiger partial charge >= 0.3 is 0 Å². The summed E-state index contributed by atoms with van der Waals surface area (Å²) in [6.45, 7) is 7.17. The summed E-state index contributed by atoms with van der Waals surface area (Å²) in [6.07, 6.45) is 2.41. The number of nitrogens with one attached hydrogen (secondary N) is 1. The first-order chi connectivity index (χ1) is 11.0. The molecule has 2 aromatic carbocycles. The third-order valence-corrected chi connectivity index (χ3v) is 4.23. The van der Waals surface area contributed by atoms with Gasteiger partial charge < -0.3 is 10.1 Å². The van der Waals surface area contributed by atoms with Gasteiger partial charge in [0.05, 0.1) is 6.10 Å². The molecule has 0 saturated heterocycles. The first kappa shape index (κ1) is 18.0. The molecule has 0 spiro atoms. The van der Waals surface area contributed by atoms with Gasteiger partial charge in [0.1, 0.15) is 5.75 Å². The predicted molar refractivity (Wildman–Crippen MR) is 101 cm³/mol. The molecule has 0 aromatic heterocycles. The van der Waals surface area contributed by atoms with E-state index in [9.17, 15) is 0 Å². The molecule has 0 radical (unpaired) electrons. The van der Waals surface area contributed by atoms with E-state index >= 15 is 0 Å². The van der Waals surface area contributed by atoms with Crippen molar-refractivity contribution in [3.63, 3.8) is 0 Å². The Labute approximate surface area is 148 Å². The average Bonchev–Trinajstić information content (AvgIpc) is 2.53. The van der Waals surface area contributed by atoms with Crippen molar-refractivity contribution in [1.82, 2.24) is 5.32 Å². The van der Waals surface area contributed by atoms with E-state index in [1.165, 1.54) is 11.1 Å². The van der Waals surface area contributed by atoms with Crippen LogP contribution in [0.4, 0.5) is 0 Å². The molecule has 0 bridgehead atoms. The summed E-state index contributed by atoms with van der Waals surface area (Å²) >= 11 is 3.55. The fourth-order valence-corrected chi connectivity index (χ4v) is 2.88. The number of rotatable bonds is 8. The van der Waals surface area contributed by atoms with E-state index in [1.807, 2.05) is 12.1 Å². The summed E-state index contributed by atoms with van der Waals surface area (Å²) < 4.78 is 6.99. The molecule has 1 N–H and O–H groups in total. The molecule has 2 aromatic rings. The highest BCUT2D eigenvalue weighted by molar-refractivity contribution is 9.10. The Bertz CT molecular complexity index is 598. The average molecular weight is 376 g/mol. The van der Waals surface area contributed by atoms with Crippen LogP contribution in [-0.2, 0) is 13.0 Å². The van der Waals surface area contributed by atoms with Gasteiger partial charge in [-0.25, -0.2) is 0 Å². The second-order valence-corrected chi connectivity index (χ2v) is 7.14. The minimum atomic E-state index is 0.186. The Morgan fingerprint density at radius 1 is 1.04 bits per heavy atom. The predicted octanol–water partition coefficient (Wildman–Crippen LogP) is 5.35. The maximum Gasteiger partial charge on any atom is 0.124 e. The highest BCUT2D eigenvalue weighted by atomic mass is 79.9. The zero-order valence-electron chi connectivity index (χ0n) is 14.2. The third kappa shape index (κ3) is 6.36. The molecule has 124 valence electrons. The van der Waals surface area contributed by atoms with Crippen molar-refractivity contribution in [1.29, 1.82) is 0 Å². The molecular formula is C20H26BrNO. The van der Waals surface area contributed by atoms with Crippen LogP contribution in [0, 0.1) is 0 Å². The molecule has 0 amide bonds. The molecule has 2 rings (SSSR count). The third-order valence-electron chi connectivity index (χ3n) is 3.74. The monoisotopic (exact) mass is 375 g/mol. The van der Waals surface area contributed by atoms with Crippen molar-refractivity contribution < 1.29 is 4.74 Å². The maximum absolute atomic E-state index is 5.90. The van der Waals surface area contributed by atoms with Gasteiger partial charge in [0.2, 0.25) is 0 Å². The lowest BCUT2D eigenvalue weighted by Gasteiger charge is -2.18. The van der Waals surface area contributed by atoms with Crippen LogP contribution in [-0.4, -0.2) is 12.1 Å². The largest absolute Gasteiger partial charge is 0.491 e. The zero-order chi connectivity index (χ0) is 16.7. The van der Waals surface area contributed by atoms with E-state index in [0.29, 0.717) is 6.04 Å². The molecule has 0 aliphatic carbocycles. The van der Waals surface area contributed by atoms with Gasteiger partial charge in [0.25, 0.3) is 0 Å². The number of aryl methyl sites for hydroxylation is 1. The van der Waals surface area contributed by atoms with E-state index in [0.717, 1.165) is 29.6 Å². The molecular weight excluding hydrogens is 350 g/mol. The van der Waals surface area contributed by atoms with Crippen LogP contribution in [0.1, 0.15) is 38.3 Å². The summed E-state index contributed by atoms with van der Waals surface area (Å²) in [5.74, 6) is 0.964. The second kappa shape index (κ2) is 9.09. The zero-order valence-corrected chi connectivity index (χ0v) is 15.8. The van der Waals surface area contributed by atoms with Crippen molar-refractivity contribution in [3.05, 3.63) is 64.1 Å². The van der Waals surface area contributed by atoms with E-state index < -0.39 is 0 Å². The highest BCUT2D eigenvalue weighted by Gasteiger charge is 2.09. The first-order valence-corrected chi connectivity index (χ1v) is 9.06. The van der Waals surface area contributed by atoms with Crippen LogP contribution < -0.4 is 10.1 Å². The molecule has 2 nitrogen and oxygen atoms in total. The molecule has 0 aliphatic rings. The number of halogens is 1. The van der Waals surface area contributed by atoms with Gasteiger partial charge in [-0.05, 0) is 57.4 Å². The quantitative estimate of drug-likeness (QED) is 0.671. The number of benzene rings is 2. The molecule has 1 atom stereocenters. The standard InChI is InChI=1S/C20H26BrNO/c1-15(2)23-20-12-11-19(21)13-18(20)14-22-16(3)9-10-17-7-5-4-6-8-17/h4-8,11-13,15-16,22H,9-10,14H2,1-3H3/t16-/m1/s1. The van der Waals surface area contributed by atoms with Gasteiger partial charge in [-0.3, -0.25) is 0 Å². The lowest BCUT2D eigenvalue weighted by atomic mass is 10.1. The summed E-state index contributed by atoms with van der Waals surface area (Å²) in [4.78, 5) is 0. The fraction of sp³-hybridized carbons (Fsp3) is 0.400. The van der Waals surface area contributed by atoms with Crippen LogP contribution in [0.3, 0.4) is 0 Å². The molecule has 0 unspecified atom stereocenters. The lowest BCUT2D eigenvalue weighted by molar-refractivity contribution is 0.239. The van der Waals surface area contributed by atoms with Crippen molar-refractivity contribution in [3.8, 4) is 5.75 Å². The molecule has 0 aliphatic heterocycles. The van der Waals surface area contributed by atoms with E-state index in [2.05, 4.69) is 78.4 Å². The fourth-order valence-electron chi connectivity index (χ4n) is 2.47. The number of hydrogen-bond acceptors (Lipinski definition) is 2. The van der Waals surface area contributed by atoms with Crippen LogP contribution in [0.5, 0.6) is 5.75 Å². The van der Waals surface area contributed by atoms with Gasteiger partial charge in [-0.1, -0.05) is 46.3 Å². The molecule has 0 saturated carbocycles. The smallest absolute Gasteiger partial charge is 0.124 e. The topological polar surface area (TPSA) is 21.3 Å². The van der Waals surface area contributed by atoms with Gasteiger partial charge in [-0.2, -0.15) is 0 Å². The van der Waals surface area contributed by atoms with Crippen molar-refractivity contribution >= 4 is 15.9 Å². The Kier molecular flexibility index (Phi) is 7.13. The van der Waals surface area contributed by atoms with Crippen molar-refractivity contribution in [2.24, 2.45) is 0 Å². The minimum Gasteiger partial charge on any atom is -0.491 e.